The highest BCUT2D eigenvalue weighted by Gasteiger charge is 2.43. The summed E-state index contributed by atoms with van der Waals surface area (Å²) in [5.74, 6) is -0.990. The van der Waals surface area contributed by atoms with E-state index in [1.165, 1.54) is 5.56 Å². The van der Waals surface area contributed by atoms with E-state index in [1.807, 2.05) is 31.2 Å². The number of nitrogens with zero attached hydrogens (tertiary/aromatic N) is 1. The summed E-state index contributed by atoms with van der Waals surface area (Å²) in [5, 5.41) is 12.2. The molecule has 5 heteroatoms. The molecule has 21 heavy (non-hydrogen) atoms. The molecule has 0 saturated carbocycles. The predicted molar refractivity (Wildman–Crippen MR) is 79.9 cm³/mol. The maximum atomic E-state index is 12.0. The normalized spacial score (nSPS) is 22.2. The Bertz CT molecular complexity index is 527. The minimum Gasteiger partial charge on any atom is -0.480 e. The van der Waals surface area contributed by atoms with E-state index in [9.17, 15) is 14.7 Å². The molecule has 0 bridgehead atoms. The fourth-order valence-electron chi connectivity index (χ4n) is 2.65. The average Bonchev–Trinajstić information content (AvgIpc) is 2.81. The van der Waals surface area contributed by atoms with Gasteiger partial charge in [0.1, 0.15) is 5.54 Å². The van der Waals surface area contributed by atoms with E-state index in [0.717, 1.165) is 12.0 Å². The van der Waals surface area contributed by atoms with E-state index < -0.39 is 11.5 Å². The van der Waals surface area contributed by atoms with Crippen LogP contribution in [0.25, 0.3) is 0 Å². The fourth-order valence-corrected chi connectivity index (χ4v) is 2.65. The number of nitrogens with one attached hydrogen (secondary N) is 1. The number of rotatable bonds is 5. The van der Waals surface area contributed by atoms with E-state index in [-0.39, 0.29) is 12.5 Å². The molecule has 1 heterocycles. The van der Waals surface area contributed by atoms with Gasteiger partial charge in [0.25, 0.3) is 0 Å². The van der Waals surface area contributed by atoms with E-state index in [0.29, 0.717) is 19.5 Å². The lowest BCUT2D eigenvalue weighted by Gasteiger charge is -2.30. The molecule has 1 saturated heterocycles. The molecular weight excluding hydrogens is 268 g/mol. The third-order valence-electron chi connectivity index (χ3n) is 4.20. The summed E-state index contributed by atoms with van der Waals surface area (Å²) < 4.78 is 0. The van der Waals surface area contributed by atoms with Gasteiger partial charge in [0.05, 0.1) is 6.54 Å². The van der Waals surface area contributed by atoms with Gasteiger partial charge in [-0.15, -0.1) is 0 Å². The molecule has 0 aliphatic carbocycles. The van der Waals surface area contributed by atoms with Gasteiger partial charge in [-0.25, -0.2) is 0 Å². The first-order valence-electron chi connectivity index (χ1n) is 7.22. The van der Waals surface area contributed by atoms with Gasteiger partial charge >= 0.3 is 5.97 Å². The average molecular weight is 290 g/mol. The largest absolute Gasteiger partial charge is 0.480 e. The Morgan fingerprint density at radius 1 is 1.33 bits per heavy atom. The summed E-state index contributed by atoms with van der Waals surface area (Å²) in [6.45, 7) is 4.96. The summed E-state index contributed by atoms with van der Waals surface area (Å²) in [7, 11) is 0. The molecule has 1 fully saturated rings. The van der Waals surface area contributed by atoms with Gasteiger partial charge in [-0.05, 0) is 38.8 Å². The number of carbonyl (C=O) groups is 2. The van der Waals surface area contributed by atoms with Crippen molar-refractivity contribution in [3.63, 3.8) is 0 Å². The Balaban J connectivity index is 1.87. The van der Waals surface area contributed by atoms with Crippen LogP contribution in [0.2, 0.25) is 0 Å². The number of likely N-dealkylation sites (tertiary alicyclic amines) is 1. The van der Waals surface area contributed by atoms with Crippen LogP contribution < -0.4 is 5.32 Å². The zero-order chi connectivity index (χ0) is 15.5. The van der Waals surface area contributed by atoms with Crippen LogP contribution in [0.1, 0.15) is 30.9 Å². The Morgan fingerprint density at radius 3 is 2.62 bits per heavy atom. The number of benzene rings is 1. The number of hydrogen-bond acceptors (Lipinski definition) is 3. The SMILES string of the molecule is Cc1ccc(CNC(=O)CN2CCCC2(C)C(=O)O)cc1. The van der Waals surface area contributed by atoms with E-state index in [1.54, 1.807) is 11.8 Å². The van der Waals surface area contributed by atoms with Crippen molar-refractivity contribution < 1.29 is 14.7 Å². The van der Waals surface area contributed by atoms with Gasteiger partial charge in [0, 0.05) is 6.54 Å². The number of aryl methyl sites for hydroxylation is 1. The molecule has 1 aliphatic rings. The summed E-state index contributed by atoms with van der Waals surface area (Å²) in [6.07, 6.45) is 1.40. The number of hydrogen-bond donors (Lipinski definition) is 2. The standard InChI is InChI=1S/C16H22N2O3/c1-12-4-6-13(7-5-12)10-17-14(19)11-18-9-3-8-16(18,2)15(20)21/h4-7H,3,8-11H2,1-2H3,(H,17,19)(H,20,21). The van der Waals surface area contributed by atoms with Crippen LogP contribution in [0.4, 0.5) is 0 Å². The minimum atomic E-state index is -0.915. The first kappa shape index (κ1) is 15.5. The zero-order valence-corrected chi connectivity index (χ0v) is 12.6. The molecule has 1 aromatic rings. The zero-order valence-electron chi connectivity index (χ0n) is 12.6. The van der Waals surface area contributed by atoms with E-state index in [4.69, 9.17) is 0 Å². The quantitative estimate of drug-likeness (QED) is 0.863. The number of carboxylic acid groups (broad SMARTS) is 1. The van der Waals surface area contributed by atoms with Gasteiger partial charge < -0.3 is 10.4 Å². The van der Waals surface area contributed by atoms with Gasteiger partial charge in [-0.3, -0.25) is 14.5 Å². The van der Waals surface area contributed by atoms with Crippen LogP contribution in [0.15, 0.2) is 24.3 Å². The van der Waals surface area contributed by atoms with E-state index >= 15 is 0 Å². The summed E-state index contributed by atoms with van der Waals surface area (Å²) >= 11 is 0. The van der Waals surface area contributed by atoms with Crippen LogP contribution in [0.3, 0.4) is 0 Å². The van der Waals surface area contributed by atoms with Crippen LogP contribution in [0.5, 0.6) is 0 Å². The predicted octanol–water partition coefficient (Wildman–Crippen LogP) is 1.55. The Labute approximate surface area is 125 Å². The molecule has 0 radical (unpaired) electrons. The monoisotopic (exact) mass is 290 g/mol. The lowest BCUT2D eigenvalue weighted by molar-refractivity contribution is -0.149. The Kier molecular flexibility index (Phi) is 4.63. The smallest absolute Gasteiger partial charge is 0.323 e. The van der Waals surface area contributed by atoms with Crippen molar-refractivity contribution in [3.05, 3.63) is 35.4 Å². The summed E-state index contributed by atoms with van der Waals surface area (Å²) in [6, 6.07) is 7.96. The van der Waals surface area contributed by atoms with E-state index in [2.05, 4.69) is 5.32 Å². The molecule has 114 valence electrons. The second-order valence-corrected chi connectivity index (χ2v) is 5.87. The molecule has 5 nitrogen and oxygen atoms in total. The lowest BCUT2D eigenvalue weighted by Crippen LogP contribution is -2.51. The molecule has 0 aromatic heterocycles. The third-order valence-corrected chi connectivity index (χ3v) is 4.20. The number of amides is 1. The maximum absolute atomic E-state index is 12.0. The molecule has 2 rings (SSSR count). The van der Waals surface area contributed by atoms with Crippen molar-refractivity contribution in [1.29, 1.82) is 0 Å². The van der Waals surface area contributed by atoms with Crippen molar-refractivity contribution in [1.82, 2.24) is 10.2 Å². The number of aliphatic carboxylic acids is 1. The van der Waals surface area contributed by atoms with Crippen molar-refractivity contribution in [3.8, 4) is 0 Å². The Hall–Kier alpha value is -1.88. The number of carboxylic acids is 1. The first-order chi connectivity index (χ1) is 9.91. The molecule has 1 atom stereocenters. The van der Waals surface area contributed by atoms with Crippen LogP contribution in [-0.4, -0.2) is 40.5 Å². The van der Waals surface area contributed by atoms with Crippen molar-refractivity contribution in [2.75, 3.05) is 13.1 Å². The van der Waals surface area contributed by atoms with Crippen LogP contribution >= 0.6 is 0 Å². The highest BCUT2D eigenvalue weighted by Crippen LogP contribution is 2.28. The third kappa shape index (κ3) is 3.61. The van der Waals surface area contributed by atoms with Crippen molar-refractivity contribution in [2.24, 2.45) is 0 Å². The fraction of sp³-hybridized carbons (Fsp3) is 0.500. The molecule has 2 N–H and O–H groups in total. The molecule has 1 aromatic carbocycles. The van der Waals surface area contributed by atoms with Gasteiger partial charge in [0.2, 0.25) is 5.91 Å². The summed E-state index contributed by atoms with van der Waals surface area (Å²) in [4.78, 5) is 25.1. The Morgan fingerprint density at radius 2 is 2.00 bits per heavy atom. The van der Waals surface area contributed by atoms with Crippen molar-refractivity contribution in [2.45, 2.75) is 38.8 Å². The molecule has 1 unspecified atom stereocenters. The second-order valence-electron chi connectivity index (χ2n) is 5.87. The molecule has 1 amide bonds. The second kappa shape index (κ2) is 6.26. The maximum Gasteiger partial charge on any atom is 0.323 e. The van der Waals surface area contributed by atoms with Gasteiger partial charge in [0.15, 0.2) is 0 Å². The molecule has 1 aliphatic heterocycles. The molecule has 0 spiro atoms. The summed E-state index contributed by atoms with van der Waals surface area (Å²) in [5.41, 5.74) is 1.30. The number of carbonyl (C=O) groups excluding carboxylic acids is 1. The van der Waals surface area contributed by atoms with Gasteiger partial charge in [-0.1, -0.05) is 29.8 Å². The highest BCUT2D eigenvalue weighted by atomic mass is 16.4. The first-order valence-corrected chi connectivity index (χ1v) is 7.22. The van der Waals surface area contributed by atoms with Crippen LogP contribution in [0, 0.1) is 6.92 Å². The molecular formula is C16H22N2O3. The lowest BCUT2D eigenvalue weighted by atomic mass is 9.99. The van der Waals surface area contributed by atoms with Crippen molar-refractivity contribution >= 4 is 11.9 Å². The van der Waals surface area contributed by atoms with Gasteiger partial charge in [-0.2, -0.15) is 0 Å². The highest BCUT2D eigenvalue weighted by molar-refractivity contribution is 5.82. The topological polar surface area (TPSA) is 69.6 Å². The van der Waals surface area contributed by atoms with Crippen LogP contribution in [-0.2, 0) is 16.1 Å². The minimum absolute atomic E-state index is 0.134.